The minimum Gasteiger partial charge on any atom is -0.480 e. The van der Waals surface area contributed by atoms with Gasteiger partial charge in [0.05, 0.1) is 6.04 Å². The highest BCUT2D eigenvalue weighted by atomic mass is 35.5. The van der Waals surface area contributed by atoms with Gasteiger partial charge in [0.15, 0.2) is 0 Å². The molecular formula is C17H28BCl2N3O5. The molecule has 1 fully saturated rings. The number of nitrogens with zero attached hydrogens (tertiary/aromatic N) is 1. The predicted octanol–water partition coefficient (Wildman–Crippen LogP) is -0.106. The fourth-order valence-corrected chi connectivity index (χ4v) is 3.45. The van der Waals surface area contributed by atoms with Crippen LogP contribution < -0.4 is 11.5 Å². The summed E-state index contributed by atoms with van der Waals surface area (Å²) in [7, 11) is -1.47. The topological polar surface area (TPSA) is 150 Å². The van der Waals surface area contributed by atoms with Crippen LogP contribution in [0.2, 0.25) is 6.32 Å². The number of hydrogen-bond donors (Lipinski definition) is 5. The van der Waals surface area contributed by atoms with Gasteiger partial charge in [0, 0.05) is 13.1 Å². The molecule has 1 aromatic carbocycles. The number of halogens is 2. The zero-order valence-electron chi connectivity index (χ0n) is 15.4. The van der Waals surface area contributed by atoms with Crippen LogP contribution in [0.15, 0.2) is 30.3 Å². The molecule has 1 aliphatic rings. The van der Waals surface area contributed by atoms with E-state index in [0.717, 1.165) is 5.56 Å². The van der Waals surface area contributed by atoms with E-state index in [0.29, 0.717) is 19.4 Å². The molecule has 0 spiro atoms. The molecule has 28 heavy (non-hydrogen) atoms. The summed E-state index contributed by atoms with van der Waals surface area (Å²) in [5.74, 6) is -1.76. The maximum Gasteiger partial charge on any atom is 0.451 e. The summed E-state index contributed by atoms with van der Waals surface area (Å²) in [5, 5.41) is 27.6. The maximum atomic E-state index is 12.8. The first-order chi connectivity index (χ1) is 12.2. The molecular weight excluding hydrogens is 408 g/mol. The minimum absolute atomic E-state index is 0. The van der Waals surface area contributed by atoms with Crippen LogP contribution in [-0.4, -0.2) is 63.7 Å². The number of benzene rings is 1. The fourth-order valence-electron chi connectivity index (χ4n) is 3.45. The second-order valence-electron chi connectivity index (χ2n) is 7.10. The predicted molar refractivity (Wildman–Crippen MR) is 111 cm³/mol. The summed E-state index contributed by atoms with van der Waals surface area (Å²) in [6.07, 6.45) is 0.980. The zero-order chi connectivity index (χ0) is 19.3. The number of carbonyl (C=O) groups is 2. The molecule has 8 nitrogen and oxygen atoms in total. The van der Waals surface area contributed by atoms with Crippen molar-refractivity contribution in [3.05, 3.63) is 35.9 Å². The standard InChI is InChI=1S/C17H26BN3O5.2ClH/c19-14(8-12-4-2-1-3-5-12)15(22)21-10-13(6-7-18(25)26)9-17(20,11-21)16(23)24;;/h1-5,13-14,25-26H,6-11,19-20H2,(H,23,24);2*1H/t13-,14-,17+;;/m0../s1. The third-order valence-electron chi connectivity index (χ3n) is 4.79. The number of amides is 1. The van der Waals surface area contributed by atoms with E-state index in [9.17, 15) is 14.7 Å². The third kappa shape index (κ3) is 7.23. The van der Waals surface area contributed by atoms with E-state index >= 15 is 0 Å². The third-order valence-corrected chi connectivity index (χ3v) is 4.79. The summed E-state index contributed by atoms with van der Waals surface area (Å²) in [6, 6.07) is 8.55. The highest BCUT2D eigenvalue weighted by Gasteiger charge is 2.44. The number of rotatable bonds is 7. The lowest BCUT2D eigenvalue weighted by Gasteiger charge is -2.42. The van der Waals surface area contributed by atoms with Crippen LogP contribution in [0.5, 0.6) is 0 Å². The largest absolute Gasteiger partial charge is 0.480 e. The number of carbonyl (C=O) groups excluding carboxylic acids is 1. The zero-order valence-corrected chi connectivity index (χ0v) is 17.1. The molecule has 0 aromatic heterocycles. The van der Waals surface area contributed by atoms with Crippen LogP contribution in [0.1, 0.15) is 18.4 Å². The number of carboxylic acid groups (broad SMARTS) is 1. The molecule has 1 heterocycles. The van der Waals surface area contributed by atoms with Crippen LogP contribution in [0.25, 0.3) is 0 Å². The first-order valence-electron chi connectivity index (χ1n) is 8.68. The van der Waals surface area contributed by atoms with Gasteiger partial charge < -0.3 is 31.5 Å². The molecule has 0 bridgehead atoms. The molecule has 1 amide bonds. The Morgan fingerprint density at radius 3 is 2.39 bits per heavy atom. The molecule has 7 N–H and O–H groups in total. The maximum absolute atomic E-state index is 12.8. The minimum atomic E-state index is -1.56. The monoisotopic (exact) mass is 435 g/mol. The number of hydrogen-bond acceptors (Lipinski definition) is 6. The summed E-state index contributed by atoms with van der Waals surface area (Å²) in [5.41, 5.74) is 11.4. The van der Waals surface area contributed by atoms with Crippen molar-refractivity contribution in [2.75, 3.05) is 13.1 Å². The van der Waals surface area contributed by atoms with Crippen LogP contribution in [-0.2, 0) is 16.0 Å². The van der Waals surface area contributed by atoms with Crippen molar-refractivity contribution in [3.63, 3.8) is 0 Å². The Bertz CT molecular complexity index is 640. The van der Waals surface area contributed by atoms with E-state index in [1.807, 2.05) is 30.3 Å². The van der Waals surface area contributed by atoms with Crippen molar-refractivity contribution in [2.24, 2.45) is 17.4 Å². The smallest absolute Gasteiger partial charge is 0.451 e. The van der Waals surface area contributed by atoms with Crippen LogP contribution in [0, 0.1) is 5.92 Å². The fraction of sp³-hybridized carbons (Fsp3) is 0.529. The molecule has 2 rings (SSSR count). The van der Waals surface area contributed by atoms with Crippen LogP contribution in [0.3, 0.4) is 0 Å². The van der Waals surface area contributed by atoms with Gasteiger partial charge in [-0.3, -0.25) is 9.59 Å². The van der Waals surface area contributed by atoms with E-state index in [2.05, 4.69) is 0 Å². The number of aliphatic carboxylic acids is 1. The molecule has 158 valence electrons. The van der Waals surface area contributed by atoms with Gasteiger partial charge in [0.25, 0.3) is 0 Å². The van der Waals surface area contributed by atoms with Crippen molar-refractivity contribution in [1.29, 1.82) is 0 Å². The second kappa shape index (κ2) is 11.6. The summed E-state index contributed by atoms with van der Waals surface area (Å²) >= 11 is 0. The van der Waals surface area contributed by atoms with Gasteiger partial charge >= 0.3 is 13.1 Å². The molecule has 0 saturated carbocycles. The highest BCUT2D eigenvalue weighted by Crippen LogP contribution is 2.28. The van der Waals surface area contributed by atoms with Crippen LogP contribution in [0.4, 0.5) is 0 Å². The second-order valence-corrected chi connectivity index (χ2v) is 7.10. The Morgan fingerprint density at radius 1 is 1.25 bits per heavy atom. The number of carboxylic acids is 1. The molecule has 1 aliphatic heterocycles. The normalized spacial score (nSPS) is 22.4. The Balaban J connectivity index is 0.00000364. The van der Waals surface area contributed by atoms with Gasteiger partial charge in [-0.15, -0.1) is 24.8 Å². The quantitative estimate of drug-likeness (QED) is 0.375. The average molecular weight is 436 g/mol. The summed E-state index contributed by atoms with van der Waals surface area (Å²) in [4.78, 5) is 25.7. The Labute approximate surface area is 177 Å². The van der Waals surface area contributed by atoms with Crippen molar-refractivity contribution >= 4 is 43.8 Å². The van der Waals surface area contributed by atoms with Gasteiger partial charge in [0.2, 0.25) is 5.91 Å². The average Bonchev–Trinajstić information content (AvgIpc) is 2.59. The lowest BCUT2D eigenvalue weighted by Crippen LogP contribution is -2.64. The molecule has 0 unspecified atom stereocenters. The van der Waals surface area contributed by atoms with Gasteiger partial charge in [-0.2, -0.15) is 0 Å². The number of piperidine rings is 1. The van der Waals surface area contributed by atoms with Crippen molar-refractivity contribution < 1.29 is 24.7 Å². The Morgan fingerprint density at radius 2 is 1.86 bits per heavy atom. The van der Waals surface area contributed by atoms with Crippen molar-refractivity contribution in [2.45, 2.75) is 37.2 Å². The molecule has 3 atom stereocenters. The number of nitrogens with two attached hydrogens (primary N) is 2. The summed E-state index contributed by atoms with van der Waals surface area (Å²) in [6.45, 7) is 0.197. The van der Waals surface area contributed by atoms with Crippen molar-refractivity contribution in [3.8, 4) is 0 Å². The lowest BCUT2D eigenvalue weighted by molar-refractivity contribution is -0.149. The van der Waals surface area contributed by atoms with E-state index in [-0.39, 0.29) is 55.9 Å². The Kier molecular flexibility index (Phi) is 11.0. The van der Waals surface area contributed by atoms with Crippen LogP contribution >= 0.6 is 24.8 Å². The SMILES string of the molecule is Cl.Cl.N[C@@H](Cc1ccccc1)C(=O)N1C[C@@H](CCB(O)O)C[C@](N)(C(=O)O)C1. The first kappa shape index (κ1) is 26.6. The van der Waals surface area contributed by atoms with Crippen molar-refractivity contribution in [1.82, 2.24) is 4.90 Å². The van der Waals surface area contributed by atoms with E-state index < -0.39 is 24.7 Å². The molecule has 1 aromatic rings. The van der Waals surface area contributed by atoms with Gasteiger partial charge in [-0.1, -0.05) is 36.8 Å². The molecule has 1 saturated heterocycles. The van der Waals surface area contributed by atoms with E-state index in [1.54, 1.807) is 0 Å². The Hall–Kier alpha value is -1.36. The molecule has 11 heteroatoms. The van der Waals surface area contributed by atoms with Gasteiger partial charge in [-0.25, -0.2) is 0 Å². The van der Waals surface area contributed by atoms with E-state index in [4.69, 9.17) is 21.5 Å². The number of likely N-dealkylation sites (tertiary alicyclic amines) is 1. The highest BCUT2D eigenvalue weighted by molar-refractivity contribution is 6.40. The van der Waals surface area contributed by atoms with E-state index in [1.165, 1.54) is 4.90 Å². The van der Waals surface area contributed by atoms with Gasteiger partial charge in [-0.05, 0) is 30.6 Å². The lowest BCUT2D eigenvalue weighted by atomic mass is 9.75. The molecule has 0 aliphatic carbocycles. The summed E-state index contributed by atoms with van der Waals surface area (Å²) < 4.78 is 0. The van der Waals surface area contributed by atoms with Gasteiger partial charge in [0.1, 0.15) is 5.54 Å². The first-order valence-corrected chi connectivity index (χ1v) is 8.68. The molecule has 0 radical (unpaired) electrons.